The van der Waals surface area contributed by atoms with Crippen LogP contribution in [0.25, 0.3) is 10.9 Å². The van der Waals surface area contributed by atoms with Crippen LogP contribution in [-0.4, -0.2) is 16.1 Å². The van der Waals surface area contributed by atoms with E-state index in [0.29, 0.717) is 11.5 Å². The summed E-state index contributed by atoms with van der Waals surface area (Å²) in [5.74, 6) is -0.477. The van der Waals surface area contributed by atoms with E-state index in [4.69, 9.17) is 4.98 Å². The van der Waals surface area contributed by atoms with Gasteiger partial charge in [0.1, 0.15) is 0 Å². The molecule has 1 aromatic heterocycles. The Morgan fingerprint density at radius 1 is 1.35 bits per heavy atom. The van der Waals surface area contributed by atoms with Gasteiger partial charge in [0.2, 0.25) is 0 Å². The third-order valence-electron chi connectivity index (χ3n) is 4.30. The minimum atomic E-state index is -0.826. The fraction of sp³-hybridized carbons (Fsp3) is 0.412. The van der Waals surface area contributed by atoms with Crippen molar-refractivity contribution in [1.82, 2.24) is 4.98 Å². The molecule has 3 rings (SSSR count). The van der Waals surface area contributed by atoms with Crippen molar-refractivity contribution in [2.45, 2.75) is 46.0 Å². The Morgan fingerprint density at radius 2 is 2.10 bits per heavy atom. The number of carbonyl (C=O) groups is 1. The number of hydrogen-bond acceptors (Lipinski definition) is 2. The lowest BCUT2D eigenvalue weighted by Crippen LogP contribution is -2.16. The van der Waals surface area contributed by atoms with Crippen LogP contribution in [0, 0.1) is 13.8 Å². The van der Waals surface area contributed by atoms with Gasteiger partial charge in [-0.1, -0.05) is 18.6 Å². The van der Waals surface area contributed by atoms with E-state index in [1.807, 2.05) is 19.9 Å². The van der Waals surface area contributed by atoms with Gasteiger partial charge in [0.05, 0.1) is 11.1 Å². The van der Waals surface area contributed by atoms with Crippen LogP contribution in [0.1, 0.15) is 58.4 Å². The number of carboxylic acid groups (broad SMARTS) is 1. The van der Waals surface area contributed by atoms with E-state index in [0.717, 1.165) is 52.5 Å². The van der Waals surface area contributed by atoms with Gasteiger partial charge in [-0.25, -0.2) is 4.79 Å². The molecule has 0 radical (unpaired) electrons. The minimum absolute atomic E-state index is 0.349. The number of aryl methyl sites for hydroxylation is 2. The Hall–Kier alpha value is -1.90. The van der Waals surface area contributed by atoms with Gasteiger partial charge in [0.25, 0.3) is 0 Å². The average Bonchev–Trinajstić information content (AvgIpc) is 2.36. The number of pyridine rings is 1. The molecule has 0 aliphatic heterocycles. The SMILES string of the molecule is Cc1cc(C)c2nc3c(c(C(=O)O)c2c1)CCCC3C. The van der Waals surface area contributed by atoms with E-state index >= 15 is 0 Å². The van der Waals surface area contributed by atoms with Crippen LogP contribution in [0.3, 0.4) is 0 Å². The molecule has 0 spiro atoms. The summed E-state index contributed by atoms with van der Waals surface area (Å²) in [4.78, 5) is 16.6. The molecule has 1 unspecified atom stereocenters. The smallest absolute Gasteiger partial charge is 0.336 e. The largest absolute Gasteiger partial charge is 0.478 e. The van der Waals surface area contributed by atoms with Crippen LogP contribution >= 0.6 is 0 Å². The first-order valence-corrected chi connectivity index (χ1v) is 7.16. The molecule has 0 fully saturated rings. The third kappa shape index (κ3) is 1.89. The normalized spacial score (nSPS) is 18.1. The highest BCUT2D eigenvalue weighted by atomic mass is 16.4. The van der Waals surface area contributed by atoms with Crippen molar-refractivity contribution in [1.29, 1.82) is 0 Å². The van der Waals surface area contributed by atoms with Crippen LogP contribution in [0.15, 0.2) is 12.1 Å². The number of benzene rings is 1. The minimum Gasteiger partial charge on any atom is -0.478 e. The highest BCUT2D eigenvalue weighted by Gasteiger charge is 2.26. The maximum absolute atomic E-state index is 11.8. The van der Waals surface area contributed by atoms with Gasteiger partial charge in [-0.15, -0.1) is 0 Å². The van der Waals surface area contributed by atoms with Gasteiger partial charge in [-0.3, -0.25) is 4.98 Å². The molecule has 0 bridgehead atoms. The predicted octanol–water partition coefficient (Wildman–Crippen LogP) is 3.99. The summed E-state index contributed by atoms with van der Waals surface area (Å²) in [6, 6.07) is 4.03. The molecular formula is C17H19NO2. The summed E-state index contributed by atoms with van der Waals surface area (Å²) in [6.07, 6.45) is 2.97. The van der Waals surface area contributed by atoms with Crippen LogP contribution in [0.2, 0.25) is 0 Å². The molecule has 0 saturated heterocycles. The fourth-order valence-corrected chi connectivity index (χ4v) is 3.40. The van der Waals surface area contributed by atoms with Crippen molar-refractivity contribution in [3.63, 3.8) is 0 Å². The van der Waals surface area contributed by atoms with Crippen molar-refractivity contribution in [2.75, 3.05) is 0 Å². The molecule has 1 aromatic carbocycles. The molecule has 3 heteroatoms. The van der Waals surface area contributed by atoms with Gasteiger partial charge in [-0.2, -0.15) is 0 Å². The van der Waals surface area contributed by atoms with E-state index in [2.05, 4.69) is 13.0 Å². The second-order valence-corrected chi connectivity index (χ2v) is 5.93. The number of aromatic nitrogens is 1. The number of carboxylic acids is 1. The lowest BCUT2D eigenvalue weighted by molar-refractivity contribution is 0.0697. The standard InChI is InChI=1S/C17H19NO2/c1-9-7-11(3)16-13(8-9)14(17(19)20)12-6-4-5-10(2)15(12)18-16/h7-8,10H,4-6H2,1-3H3,(H,19,20). The summed E-state index contributed by atoms with van der Waals surface area (Å²) in [6.45, 7) is 6.15. The maximum Gasteiger partial charge on any atom is 0.336 e. The molecule has 1 N–H and O–H groups in total. The first-order chi connectivity index (χ1) is 9.49. The number of fused-ring (bicyclic) bond motifs is 2. The van der Waals surface area contributed by atoms with Crippen LogP contribution in [-0.2, 0) is 6.42 Å². The lowest BCUT2D eigenvalue weighted by atomic mass is 9.83. The van der Waals surface area contributed by atoms with E-state index in [-0.39, 0.29) is 0 Å². The molecule has 1 atom stereocenters. The van der Waals surface area contributed by atoms with Gasteiger partial charge in [0.15, 0.2) is 0 Å². The summed E-state index contributed by atoms with van der Waals surface area (Å²) >= 11 is 0. The monoisotopic (exact) mass is 269 g/mol. The number of hydrogen-bond donors (Lipinski definition) is 1. The highest BCUT2D eigenvalue weighted by molar-refractivity contribution is 6.05. The Kier molecular flexibility index (Phi) is 3.00. The second-order valence-electron chi connectivity index (χ2n) is 5.93. The van der Waals surface area contributed by atoms with Crippen molar-refractivity contribution in [3.8, 4) is 0 Å². The number of rotatable bonds is 1. The molecule has 20 heavy (non-hydrogen) atoms. The van der Waals surface area contributed by atoms with Crippen molar-refractivity contribution in [2.24, 2.45) is 0 Å². The molecular weight excluding hydrogens is 250 g/mol. The molecule has 1 aliphatic carbocycles. The van der Waals surface area contributed by atoms with Crippen molar-refractivity contribution >= 4 is 16.9 Å². The van der Waals surface area contributed by atoms with Crippen molar-refractivity contribution in [3.05, 3.63) is 40.1 Å². The zero-order valence-corrected chi connectivity index (χ0v) is 12.2. The number of nitrogens with zero attached hydrogens (tertiary/aromatic N) is 1. The van der Waals surface area contributed by atoms with Crippen molar-refractivity contribution < 1.29 is 9.90 Å². The van der Waals surface area contributed by atoms with E-state index in [9.17, 15) is 9.90 Å². The third-order valence-corrected chi connectivity index (χ3v) is 4.30. The zero-order chi connectivity index (χ0) is 14.4. The van der Waals surface area contributed by atoms with Crippen LogP contribution in [0.4, 0.5) is 0 Å². The van der Waals surface area contributed by atoms with Gasteiger partial charge < -0.3 is 5.11 Å². The molecule has 1 aliphatic rings. The van der Waals surface area contributed by atoms with Crippen LogP contribution in [0.5, 0.6) is 0 Å². The van der Waals surface area contributed by atoms with Gasteiger partial charge >= 0.3 is 5.97 Å². The van der Waals surface area contributed by atoms with E-state index in [1.54, 1.807) is 0 Å². The summed E-state index contributed by atoms with van der Waals surface area (Å²) in [5, 5.41) is 10.5. The summed E-state index contributed by atoms with van der Waals surface area (Å²) in [7, 11) is 0. The van der Waals surface area contributed by atoms with Gasteiger partial charge in [0, 0.05) is 11.1 Å². The van der Waals surface area contributed by atoms with Gasteiger partial charge in [-0.05, 0) is 56.2 Å². The van der Waals surface area contributed by atoms with Crippen LogP contribution < -0.4 is 0 Å². The first kappa shape index (κ1) is 13.1. The Morgan fingerprint density at radius 3 is 2.80 bits per heavy atom. The highest BCUT2D eigenvalue weighted by Crippen LogP contribution is 2.36. The average molecular weight is 269 g/mol. The topological polar surface area (TPSA) is 50.2 Å². The summed E-state index contributed by atoms with van der Waals surface area (Å²) < 4.78 is 0. The quantitative estimate of drug-likeness (QED) is 0.851. The molecule has 2 aromatic rings. The lowest BCUT2D eigenvalue weighted by Gasteiger charge is -2.24. The Bertz CT molecular complexity index is 719. The Balaban J connectivity index is 2.47. The van der Waals surface area contributed by atoms with E-state index < -0.39 is 5.97 Å². The fourth-order valence-electron chi connectivity index (χ4n) is 3.40. The second kappa shape index (κ2) is 4.58. The molecule has 1 heterocycles. The molecule has 0 saturated carbocycles. The molecule has 0 amide bonds. The molecule has 3 nitrogen and oxygen atoms in total. The summed E-state index contributed by atoms with van der Waals surface area (Å²) in [5.41, 5.74) is 5.41. The van der Waals surface area contributed by atoms with E-state index in [1.165, 1.54) is 0 Å². The predicted molar refractivity (Wildman–Crippen MR) is 79.5 cm³/mol. The maximum atomic E-state index is 11.8. The molecule has 104 valence electrons. The zero-order valence-electron chi connectivity index (χ0n) is 12.2. The number of aromatic carboxylic acids is 1. The Labute approximate surface area is 118 Å². The first-order valence-electron chi connectivity index (χ1n) is 7.16.